The van der Waals surface area contributed by atoms with Gasteiger partial charge in [0.1, 0.15) is 5.82 Å². The minimum atomic E-state index is -0.357. The summed E-state index contributed by atoms with van der Waals surface area (Å²) in [6.45, 7) is 1.02. The van der Waals surface area contributed by atoms with Crippen LogP contribution in [-0.4, -0.2) is 29.8 Å². The first-order valence-corrected chi connectivity index (χ1v) is 6.59. The molecule has 1 saturated heterocycles. The number of hydrogen-bond acceptors (Lipinski definition) is 2. The SMILES string of the molecule is NC(=O)C1CCN(C(=O)/C=C/c2ccccc2F)CC1. The van der Waals surface area contributed by atoms with Crippen LogP contribution in [0.5, 0.6) is 0 Å². The summed E-state index contributed by atoms with van der Waals surface area (Å²) in [5, 5.41) is 0. The monoisotopic (exact) mass is 276 g/mol. The van der Waals surface area contributed by atoms with Crippen molar-refractivity contribution in [1.82, 2.24) is 4.90 Å². The van der Waals surface area contributed by atoms with E-state index in [1.165, 1.54) is 18.2 Å². The second-order valence-corrected chi connectivity index (χ2v) is 4.86. The summed E-state index contributed by atoms with van der Waals surface area (Å²) in [7, 11) is 0. The number of likely N-dealkylation sites (tertiary alicyclic amines) is 1. The number of hydrogen-bond donors (Lipinski definition) is 1. The van der Waals surface area contributed by atoms with Gasteiger partial charge in [0.25, 0.3) is 0 Å². The lowest BCUT2D eigenvalue weighted by molar-refractivity contribution is -0.130. The standard InChI is InChI=1S/C15H17FN2O2/c16-13-4-2-1-3-11(13)5-6-14(19)18-9-7-12(8-10-18)15(17)20/h1-6,12H,7-10H2,(H2,17,20)/b6-5+. The lowest BCUT2D eigenvalue weighted by Crippen LogP contribution is -2.41. The highest BCUT2D eigenvalue weighted by molar-refractivity contribution is 5.92. The van der Waals surface area contributed by atoms with E-state index in [0.29, 0.717) is 31.5 Å². The van der Waals surface area contributed by atoms with Gasteiger partial charge in [-0.05, 0) is 25.0 Å². The first kappa shape index (κ1) is 14.2. The average Bonchev–Trinajstić information content (AvgIpc) is 2.46. The molecule has 20 heavy (non-hydrogen) atoms. The number of nitrogens with zero attached hydrogens (tertiary/aromatic N) is 1. The van der Waals surface area contributed by atoms with E-state index < -0.39 is 0 Å². The van der Waals surface area contributed by atoms with Gasteiger partial charge in [-0.15, -0.1) is 0 Å². The van der Waals surface area contributed by atoms with Crippen molar-refractivity contribution in [2.75, 3.05) is 13.1 Å². The maximum Gasteiger partial charge on any atom is 0.246 e. The first-order valence-electron chi connectivity index (χ1n) is 6.59. The van der Waals surface area contributed by atoms with Gasteiger partial charge in [0.2, 0.25) is 11.8 Å². The summed E-state index contributed by atoms with van der Waals surface area (Å²) in [5.74, 6) is -0.978. The molecule has 2 amide bonds. The Labute approximate surface area is 117 Å². The molecule has 1 aromatic rings. The molecule has 1 aliphatic heterocycles. The molecule has 2 N–H and O–H groups in total. The fourth-order valence-electron chi connectivity index (χ4n) is 2.26. The van der Waals surface area contributed by atoms with Crippen LogP contribution in [0.15, 0.2) is 30.3 Å². The lowest BCUT2D eigenvalue weighted by Gasteiger charge is -2.29. The van der Waals surface area contributed by atoms with Gasteiger partial charge < -0.3 is 10.6 Å². The van der Waals surface area contributed by atoms with Crippen molar-refractivity contribution in [3.63, 3.8) is 0 Å². The highest BCUT2D eigenvalue weighted by Crippen LogP contribution is 2.17. The normalized spacial score (nSPS) is 16.6. The van der Waals surface area contributed by atoms with Crippen molar-refractivity contribution < 1.29 is 14.0 Å². The van der Waals surface area contributed by atoms with Crippen LogP contribution in [0.1, 0.15) is 18.4 Å². The van der Waals surface area contributed by atoms with Gasteiger partial charge in [-0.3, -0.25) is 9.59 Å². The number of rotatable bonds is 3. The van der Waals surface area contributed by atoms with E-state index in [0.717, 1.165) is 0 Å². The second-order valence-electron chi connectivity index (χ2n) is 4.86. The van der Waals surface area contributed by atoms with Crippen molar-refractivity contribution in [3.8, 4) is 0 Å². The molecule has 0 spiro atoms. The third-order valence-corrected chi connectivity index (χ3v) is 3.52. The number of primary amides is 1. The van der Waals surface area contributed by atoms with Gasteiger partial charge >= 0.3 is 0 Å². The molecule has 0 atom stereocenters. The van der Waals surface area contributed by atoms with Gasteiger partial charge in [0.05, 0.1) is 0 Å². The zero-order valence-corrected chi connectivity index (χ0v) is 11.1. The number of carbonyl (C=O) groups excluding carboxylic acids is 2. The average molecular weight is 276 g/mol. The van der Waals surface area contributed by atoms with E-state index in [1.54, 1.807) is 23.1 Å². The van der Waals surface area contributed by atoms with Gasteiger partial charge in [-0.25, -0.2) is 4.39 Å². The number of nitrogens with two attached hydrogens (primary N) is 1. The van der Waals surface area contributed by atoms with Crippen molar-refractivity contribution in [1.29, 1.82) is 0 Å². The zero-order valence-electron chi connectivity index (χ0n) is 11.1. The molecular formula is C15H17FN2O2. The van der Waals surface area contributed by atoms with Crippen LogP contribution in [0.4, 0.5) is 4.39 Å². The molecule has 1 aliphatic rings. The molecule has 1 fully saturated rings. The van der Waals surface area contributed by atoms with Crippen molar-refractivity contribution in [3.05, 3.63) is 41.7 Å². The minimum absolute atomic E-state index is 0.144. The summed E-state index contributed by atoms with van der Waals surface area (Å²) in [6, 6.07) is 6.27. The molecule has 2 rings (SSSR count). The maximum atomic E-state index is 13.4. The Morgan fingerprint density at radius 2 is 1.90 bits per heavy atom. The number of amides is 2. The fourth-order valence-corrected chi connectivity index (χ4v) is 2.26. The summed E-state index contributed by atoms with van der Waals surface area (Å²) in [6.07, 6.45) is 4.02. The number of piperidine rings is 1. The summed E-state index contributed by atoms with van der Waals surface area (Å²) in [5.41, 5.74) is 5.62. The molecule has 0 aliphatic carbocycles. The Bertz CT molecular complexity index is 534. The van der Waals surface area contributed by atoms with E-state index in [4.69, 9.17) is 5.73 Å². The summed E-state index contributed by atoms with van der Waals surface area (Å²) >= 11 is 0. The fraction of sp³-hybridized carbons (Fsp3) is 0.333. The molecule has 5 heteroatoms. The quantitative estimate of drug-likeness (QED) is 0.852. The highest BCUT2D eigenvalue weighted by Gasteiger charge is 2.24. The topological polar surface area (TPSA) is 63.4 Å². The number of halogens is 1. The van der Waals surface area contributed by atoms with Gasteiger partial charge in [-0.1, -0.05) is 18.2 Å². The van der Waals surface area contributed by atoms with Crippen molar-refractivity contribution in [2.45, 2.75) is 12.8 Å². The third kappa shape index (κ3) is 3.44. The van der Waals surface area contributed by atoms with Crippen LogP contribution in [0.3, 0.4) is 0 Å². The lowest BCUT2D eigenvalue weighted by atomic mass is 9.96. The molecule has 0 unspecified atom stereocenters. The molecule has 1 aromatic carbocycles. The molecule has 4 nitrogen and oxygen atoms in total. The van der Waals surface area contributed by atoms with Gasteiger partial charge in [0.15, 0.2) is 0 Å². The van der Waals surface area contributed by atoms with E-state index in [2.05, 4.69) is 0 Å². The largest absolute Gasteiger partial charge is 0.369 e. The second kappa shape index (κ2) is 6.32. The van der Waals surface area contributed by atoms with E-state index in [9.17, 15) is 14.0 Å². The predicted molar refractivity (Wildman–Crippen MR) is 73.9 cm³/mol. The van der Waals surface area contributed by atoms with E-state index in [-0.39, 0.29) is 23.5 Å². The van der Waals surface area contributed by atoms with Crippen LogP contribution < -0.4 is 5.73 Å². The third-order valence-electron chi connectivity index (χ3n) is 3.52. The molecule has 0 aromatic heterocycles. The maximum absolute atomic E-state index is 13.4. The highest BCUT2D eigenvalue weighted by atomic mass is 19.1. The predicted octanol–water partition coefficient (Wildman–Crippen LogP) is 1.56. The van der Waals surface area contributed by atoms with E-state index in [1.807, 2.05) is 0 Å². The van der Waals surface area contributed by atoms with Crippen LogP contribution in [0.25, 0.3) is 6.08 Å². The van der Waals surface area contributed by atoms with E-state index >= 15 is 0 Å². The van der Waals surface area contributed by atoms with Crippen LogP contribution in [0, 0.1) is 11.7 Å². The number of carbonyl (C=O) groups is 2. The Hall–Kier alpha value is -2.17. The van der Waals surface area contributed by atoms with Gasteiger partial charge in [-0.2, -0.15) is 0 Å². The molecule has 1 heterocycles. The smallest absolute Gasteiger partial charge is 0.246 e. The Kier molecular flexibility index (Phi) is 4.50. The Morgan fingerprint density at radius 3 is 2.50 bits per heavy atom. The van der Waals surface area contributed by atoms with Crippen LogP contribution in [0.2, 0.25) is 0 Å². The Balaban J connectivity index is 1.93. The summed E-state index contributed by atoms with van der Waals surface area (Å²) in [4.78, 5) is 24.7. The van der Waals surface area contributed by atoms with Crippen LogP contribution >= 0.6 is 0 Å². The molecule has 0 bridgehead atoms. The molecule has 0 radical (unpaired) electrons. The summed E-state index contributed by atoms with van der Waals surface area (Å²) < 4.78 is 13.4. The number of benzene rings is 1. The van der Waals surface area contributed by atoms with Crippen LogP contribution in [-0.2, 0) is 9.59 Å². The molecule has 106 valence electrons. The van der Waals surface area contributed by atoms with Crippen molar-refractivity contribution >= 4 is 17.9 Å². The van der Waals surface area contributed by atoms with Gasteiger partial charge in [0, 0.05) is 30.6 Å². The Morgan fingerprint density at radius 1 is 1.25 bits per heavy atom. The molecule has 0 saturated carbocycles. The minimum Gasteiger partial charge on any atom is -0.369 e. The van der Waals surface area contributed by atoms with Crippen molar-refractivity contribution in [2.24, 2.45) is 11.7 Å². The molecular weight excluding hydrogens is 259 g/mol. The first-order chi connectivity index (χ1) is 9.58. The zero-order chi connectivity index (χ0) is 14.5.